The molecule has 11 heavy (non-hydrogen) atoms. The Morgan fingerprint density at radius 2 is 2.55 bits per heavy atom. The minimum atomic E-state index is -0.195. The smallest absolute Gasteiger partial charge is 0.259 e. The first-order chi connectivity index (χ1) is 5.34. The fraction of sp³-hybridized carbons (Fsp3) is 0.714. The second-order valence-electron chi connectivity index (χ2n) is 2.46. The Bertz CT molecular complexity index is 193. The lowest BCUT2D eigenvalue weighted by molar-refractivity contribution is -0.125. The standard InChI is InChI=1S/C7H9NO2S/c9-7(8-5-11)6-2-1-3-10-4-6/h6H,1-4H2. The summed E-state index contributed by atoms with van der Waals surface area (Å²) in [6.45, 7) is 1.24. The largest absolute Gasteiger partial charge is 0.381 e. The molecule has 1 fully saturated rings. The molecule has 3 nitrogen and oxygen atoms in total. The molecule has 0 aliphatic carbocycles. The Morgan fingerprint density at radius 3 is 3.09 bits per heavy atom. The lowest BCUT2D eigenvalue weighted by atomic mass is 10.0. The van der Waals surface area contributed by atoms with Gasteiger partial charge in [-0.05, 0) is 25.1 Å². The molecule has 0 bridgehead atoms. The second-order valence-corrected chi connectivity index (χ2v) is 2.64. The van der Waals surface area contributed by atoms with Gasteiger partial charge in [0.1, 0.15) is 0 Å². The predicted octanol–water partition coefficient (Wildman–Crippen LogP) is 1.04. The van der Waals surface area contributed by atoms with Crippen molar-refractivity contribution in [2.24, 2.45) is 10.9 Å². The van der Waals surface area contributed by atoms with E-state index in [0.717, 1.165) is 19.4 Å². The zero-order valence-corrected chi connectivity index (χ0v) is 6.89. The monoisotopic (exact) mass is 171 g/mol. The number of carbonyl (C=O) groups is 1. The number of rotatable bonds is 1. The van der Waals surface area contributed by atoms with E-state index >= 15 is 0 Å². The SMILES string of the molecule is O=C(N=C=S)C1CCCOC1. The average molecular weight is 171 g/mol. The number of carbonyl (C=O) groups excluding carboxylic acids is 1. The van der Waals surface area contributed by atoms with E-state index in [1.165, 1.54) is 0 Å². The molecule has 0 aromatic rings. The van der Waals surface area contributed by atoms with Crippen LogP contribution in [0.25, 0.3) is 0 Å². The van der Waals surface area contributed by atoms with Crippen LogP contribution in [-0.4, -0.2) is 24.3 Å². The molecule has 1 saturated heterocycles. The van der Waals surface area contributed by atoms with Gasteiger partial charge in [-0.3, -0.25) is 4.79 Å². The third-order valence-corrected chi connectivity index (χ3v) is 1.76. The Labute approximate surface area is 70.5 Å². The maximum atomic E-state index is 11.0. The van der Waals surface area contributed by atoms with Gasteiger partial charge in [0.15, 0.2) is 0 Å². The highest BCUT2D eigenvalue weighted by Crippen LogP contribution is 2.14. The summed E-state index contributed by atoms with van der Waals surface area (Å²) in [4.78, 5) is 14.4. The van der Waals surface area contributed by atoms with Crippen LogP contribution in [0.4, 0.5) is 0 Å². The van der Waals surface area contributed by atoms with Gasteiger partial charge in [0, 0.05) is 6.61 Å². The Hall–Kier alpha value is -0.570. The van der Waals surface area contributed by atoms with Crippen molar-refractivity contribution in [3.8, 4) is 0 Å². The van der Waals surface area contributed by atoms with Crippen molar-refractivity contribution >= 4 is 23.3 Å². The van der Waals surface area contributed by atoms with Crippen molar-refractivity contribution in [1.82, 2.24) is 0 Å². The quantitative estimate of drug-likeness (QED) is 0.437. The summed E-state index contributed by atoms with van der Waals surface area (Å²) in [5.74, 6) is -0.279. The van der Waals surface area contributed by atoms with Gasteiger partial charge in [0.2, 0.25) is 0 Å². The van der Waals surface area contributed by atoms with Crippen molar-refractivity contribution in [3.63, 3.8) is 0 Å². The van der Waals surface area contributed by atoms with E-state index in [0.29, 0.717) is 6.61 Å². The third-order valence-electron chi connectivity index (χ3n) is 1.67. The molecule has 0 radical (unpaired) electrons. The van der Waals surface area contributed by atoms with Crippen LogP contribution in [0.15, 0.2) is 4.99 Å². The molecule has 0 aromatic heterocycles. The molecule has 0 aromatic carbocycles. The molecule has 1 atom stereocenters. The number of amides is 1. The molecule has 1 unspecified atom stereocenters. The highest BCUT2D eigenvalue weighted by atomic mass is 32.1. The average Bonchev–Trinajstić information content (AvgIpc) is 2.07. The van der Waals surface area contributed by atoms with E-state index in [-0.39, 0.29) is 11.8 Å². The zero-order chi connectivity index (χ0) is 8.10. The molecule has 4 heteroatoms. The van der Waals surface area contributed by atoms with Gasteiger partial charge in [-0.1, -0.05) is 0 Å². The Balaban J connectivity index is 2.44. The van der Waals surface area contributed by atoms with Crippen molar-refractivity contribution in [2.75, 3.05) is 13.2 Å². The van der Waals surface area contributed by atoms with Gasteiger partial charge in [0.05, 0.1) is 17.7 Å². The number of ether oxygens (including phenoxy) is 1. The van der Waals surface area contributed by atoms with Gasteiger partial charge in [-0.2, -0.15) is 4.99 Å². The van der Waals surface area contributed by atoms with Crippen molar-refractivity contribution in [3.05, 3.63) is 0 Å². The predicted molar refractivity (Wildman–Crippen MR) is 43.6 cm³/mol. The summed E-state index contributed by atoms with van der Waals surface area (Å²) in [6.07, 6.45) is 1.79. The van der Waals surface area contributed by atoms with E-state index in [1.807, 2.05) is 0 Å². The minimum Gasteiger partial charge on any atom is -0.381 e. The summed E-state index contributed by atoms with van der Waals surface area (Å²) in [5.41, 5.74) is 0. The second kappa shape index (κ2) is 4.34. The summed E-state index contributed by atoms with van der Waals surface area (Å²) in [6, 6.07) is 0. The molecule has 60 valence electrons. The van der Waals surface area contributed by atoms with E-state index in [2.05, 4.69) is 22.4 Å². The van der Waals surface area contributed by atoms with Crippen LogP contribution < -0.4 is 0 Å². The van der Waals surface area contributed by atoms with Crippen LogP contribution in [0.3, 0.4) is 0 Å². The highest BCUT2D eigenvalue weighted by Gasteiger charge is 2.20. The molecule has 1 rings (SSSR count). The molecule has 0 saturated carbocycles. The summed E-state index contributed by atoms with van der Waals surface area (Å²) in [7, 11) is 0. The molecular weight excluding hydrogens is 162 g/mol. The number of nitrogens with zero attached hydrogens (tertiary/aromatic N) is 1. The van der Waals surface area contributed by atoms with Crippen molar-refractivity contribution in [2.45, 2.75) is 12.8 Å². The van der Waals surface area contributed by atoms with Gasteiger partial charge in [-0.15, -0.1) is 0 Å². The summed E-state index contributed by atoms with van der Waals surface area (Å²) >= 11 is 4.32. The Kier molecular flexibility index (Phi) is 3.36. The normalized spacial score (nSPS) is 23.8. The molecule has 0 N–H and O–H groups in total. The first-order valence-corrected chi connectivity index (χ1v) is 3.95. The Morgan fingerprint density at radius 1 is 1.73 bits per heavy atom. The fourth-order valence-electron chi connectivity index (χ4n) is 1.07. The van der Waals surface area contributed by atoms with E-state index in [1.54, 1.807) is 0 Å². The lowest BCUT2D eigenvalue weighted by Gasteiger charge is -2.17. The molecule has 1 aliphatic rings. The first kappa shape index (κ1) is 8.53. The molecule has 0 spiro atoms. The number of isothiocyanates is 1. The van der Waals surface area contributed by atoms with E-state index < -0.39 is 0 Å². The van der Waals surface area contributed by atoms with Crippen molar-refractivity contribution in [1.29, 1.82) is 0 Å². The van der Waals surface area contributed by atoms with Crippen LogP contribution in [-0.2, 0) is 9.53 Å². The van der Waals surface area contributed by atoms with E-state index in [9.17, 15) is 4.79 Å². The maximum Gasteiger partial charge on any atom is 0.259 e. The van der Waals surface area contributed by atoms with Gasteiger partial charge < -0.3 is 4.74 Å². The number of thiocarbonyl (C=S) groups is 1. The van der Waals surface area contributed by atoms with E-state index in [4.69, 9.17) is 4.74 Å². The summed E-state index contributed by atoms with van der Waals surface area (Å²) < 4.78 is 5.11. The topological polar surface area (TPSA) is 38.7 Å². The van der Waals surface area contributed by atoms with Crippen LogP contribution in [0.1, 0.15) is 12.8 Å². The molecule has 1 heterocycles. The highest BCUT2D eigenvalue weighted by molar-refractivity contribution is 7.78. The lowest BCUT2D eigenvalue weighted by Crippen LogP contribution is -2.23. The number of aliphatic imine (C=N–C) groups is 1. The van der Waals surface area contributed by atoms with Crippen molar-refractivity contribution < 1.29 is 9.53 Å². The van der Waals surface area contributed by atoms with Crippen LogP contribution in [0.2, 0.25) is 0 Å². The zero-order valence-electron chi connectivity index (χ0n) is 6.08. The van der Waals surface area contributed by atoms with Crippen LogP contribution in [0, 0.1) is 5.92 Å². The number of hydrogen-bond donors (Lipinski definition) is 0. The van der Waals surface area contributed by atoms with Gasteiger partial charge in [0.25, 0.3) is 5.91 Å². The summed E-state index contributed by atoms with van der Waals surface area (Å²) in [5, 5.41) is 2.07. The first-order valence-electron chi connectivity index (χ1n) is 3.54. The fourth-order valence-corrected chi connectivity index (χ4v) is 1.16. The number of hydrogen-bond acceptors (Lipinski definition) is 3. The molecular formula is C7H9NO2S. The molecule has 1 aliphatic heterocycles. The van der Waals surface area contributed by atoms with Gasteiger partial charge >= 0.3 is 0 Å². The third kappa shape index (κ3) is 2.50. The van der Waals surface area contributed by atoms with Crippen LogP contribution >= 0.6 is 12.2 Å². The minimum absolute atomic E-state index is 0.0841. The van der Waals surface area contributed by atoms with Crippen LogP contribution in [0.5, 0.6) is 0 Å². The van der Waals surface area contributed by atoms with Gasteiger partial charge in [-0.25, -0.2) is 0 Å². The molecule has 1 amide bonds. The maximum absolute atomic E-state index is 11.0.